The van der Waals surface area contributed by atoms with Gasteiger partial charge >= 0.3 is 0 Å². The molecule has 1 aromatic heterocycles. The smallest absolute Gasteiger partial charge is 0.213 e. The number of nitrogens with zero attached hydrogens (tertiary/aromatic N) is 2. The van der Waals surface area contributed by atoms with Crippen molar-refractivity contribution in [1.29, 1.82) is 10.8 Å². The lowest BCUT2D eigenvalue weighted by Crippen LogP contribution is -2.04. The molecular weight excluding hydrogens is 364 g/mol. The molecule has 0 aliphatic rings. The van der Waals surface area contributed by atoms with E-state index >= 15 is 0 Å². The molecule has 2 N–H and O–H groups in total. The number of nitrogens with one attached hydrogen (secondary N) is 2. The Kier molecular flexibility index (Phi) is 6.34. The van der Waals surface area contributed by atoms with Crippen LogP contribution in [0.4, 0.5) is 0 Å². The first-order valence-electron chi connectivity index (χ1n) is 9.51. The van der Waals surface area contributed by atoms with Crippen LogP contribution in [0.15, 0.2) is 54.6 Å². The molecule has 0 unspecified atom stereocenters. The van der Waals surface area contributed by atoms with Crippen LogP contribution >= 0.6 is 0 Å². The lowest BCUT2D eigenvalue weighted by atomic mass is 10.0. The van der Waals surface area contributed by atoms with Crippen LogP contribution in [0.1, 0.15) is 30.8 Å². The van der Waals surface area contributed by atoms with E-state index in [9.17, 15) is 0 Å². The summed E-state index contributed by atoms with van der Waals surface area (Å²) in [5.74, 6) is 1.00. The van der Waals surface area contributed by atoms with Crippen molar-refractivity contribution < 1.29 is 9.47 Å². The van der Waals surface area contributed by atoms with E-state index < -0.39 is 0 Å². The molecule has 0 bridgehead atoms. The molecule has 3 aromatic rings. The van der Waals surface area contributed by atoms with Crippen LogP contribution in [0.2, 0.25) is 0 Å². The third-order valence-corrected chi connectivity index (χ3v) is 4.30. The Balaban J connectivity index is 1.88. The fourth-order valence-electron chi connectivity index (χ4n) is 2.90. The Morgan fingerprint density at radius 2 is 1.10 bits per heavy atom. The van der Waals surface area contributed by atoms with Crippen molar-refractivity contribution in [1.82, 2.24) is 9.97 Å². The Hall–Kier alpha value is -3.54. The average Bonchev–Trinajstić information content (AvgIpc) is 2.74. The molecule has 0 aliphatic heterocycles. The van der Waals surface area contributed by atoms with Crippen molar-refractivity contribution in [2.45, 2.75) is 20.8 Å². The number of hydrogen-bond donors (Lipinski definition) is 2. The summed E-state index contributed by atoms with van der Waals surface area (Å²) in [7, 11) is 0. The molecule has 0 saturated heterocycles. The highest BCUT2D eigenvalue weighted by atomic mass is 16.5. The highest BCUT2D eigenvalue weighted by molar-refractivity contribution is 5.92. The van der Waals surface area contributed by atoms with Gasteiger partial charge in [0.2, 0.25) is 11.8 Å². The number of hydrogen-bond acceptors (Lipinski definition) is 6. The molecule has 6 heteroatoms. The van der Waals surface area contributed by atoms with Crippen LogP contribution < -0.4 is 0 Å². The van der Waals surface area contributed by atoms with Gasteiger partial charge in [0.15, 0.2) is 0 Å². The van der Waals surface area contributed by atoms with Crippen molar-refractivity contribution in [3.8, 4) is 22.5 Å². The zero-order valence-corrected chi connectivity index (χ0v) is 16.8. The van der Waals surface area contributed by atoms with E-state index in [2.05, 4.69) is 9.97 Å². The maximum atomic E-state index is 7.89. The predicted octanol–water partition coefficient (Wildman–Crippen LogP) is 4.84. The third kappa shape index (κ3) is 4.85. The highest BCUT2D eigenvalue weighted by Crippen LogP contribution is 2.25. The van der Waals surface area contributed by atoms with Crippen molar-refractivity contribution in [2.24, 2.45) is 0 Å². The van der Waals surface area contributed by atoms with E-state index in [1.165, 1.54) is 0 Å². The molecule has 2 aromatic carbocycles. The van der Waals surface area contributed by atoms with Crippen molar-refractivity contribution >= 4 is 11.8 Å². The number of ether oxygens (including phenoxy) is 2. The summed E-state index contributed by atoms with van der Waals surface area (Å²) in [4.78, 5) is 9.12. The summed E-state index contributed by atoms with van der Waals surface area (Å²) in [5, 5.41) is 15.8. The van der Waals surface area contributed by atoms with Gasteiger partial charge in [-0.25, -0.2) is 9.97 Å². The van der Waals surface area contributed by atoms with Crippen molar-refractivity contribution in [3.05, 3.63) is 71.5 Å². The lowest BCUT2D eigenvalue weighted by Gasteiger charge is -2.09. The van der Waals surface area contributed by atoms with Gasteiger partial charge in [-0.15, -0.1) is 0 Å². The first-order chi connectivity index (χ1) is 14.0. The van der Waals surface area contributed by atoms with Gasteiger partial charge in [-0.3, -0.25) is 10.8 Å². The first kappa shape index (κ1) is 20.2. The summed E-state index contributed by atoms with van der Waals surface area (Å²) in [6.45, 7) is 6.53. The second-order valence-electron chi connectivity index (χ2n) is 6.36. The second kappa shape index (κ2) is 9.10. The highest BCUT2D eigenvalue weighted by Gasteiger charge is 2.09. The summed E-state index contributed by atoms with van der Waals surface area (Å²) in [5.41, 5.74) is 4.98. The summed E-state index contributed by atoms with van der Waals surface area (Å²) < 4.78 is 10.5. The molecule has 148 valence electrons. The largest absolute Gasteiger partial charge is 0.478 e. The van der Waals surface area contributed by atoms with Crippen LogP contribution in [0, 0.1) is 17.7 Å². The third-order valence-electron chi connectivity index (χ3n) is 4.30. The maximum absolute atomic E-state index is 7.89. The topological polar surface area (TPSA) is 91.9 Å². The molecule has 6 nitrogen and oxygen atoms in total. The molecule has 0 fully saturated rings. The molecule has 3 rings (SSSR count). The van der Waals surface area contributed by atoms with Crippen molar-refractivity contribution in [3.63, 3.8) is 0 Å². The molecule has 1 heterocycles. The molecule has 0 spiro atoms. The van der Waals surface area contributed by atoms with Gasteiger partial charge < -0.3 is 9.47 Å². The van der Waals surface area contributed by atoms with Gasteiger partial charge in [0.25, 0.3) is 0 Å². The molecular formula is C23H24N4O2. The summed E-state index contributed by atoms with van der Waals surface area (Å²) >= 11 is 0. The standard InChI is InChI=1S/C23H24N4O2/c1-4-28-22(24)18-10-6-16(7-11-18)20-14-21(27-15(3)26-20)17-8-12-19(13-9-17)23(25)29-5-2/h6-14,24-25H,4-5H2,1-3H3. The van der Waals surface area contributed by atoms with E-state index in [0.29, 0.717) is 19.0 Å². The average molecular weight is 388 g/mol. The molecule has 0 saturated carbocycles. The summed E-state index contributed by atoms with van der Waals surface area (Å²) in [6, 6.07) is 17.1. The summed E-state index contributed by atoms with van der Waals surface area (Å²) in [6.07, 6.45) is 0. The Bertz CT molecular complexity index is 932. The SMILES string of the molecule is CCOC(=N)c1ccc(-c2cc(-c3ccc(C(=N)OCC)cc3)nc(C)n2)cc1. The monoisotopic (exact) mass is 388 g/mol. The molecule has 0 aliphatic carbocycles. The van der Waals surface area contributed by atoms with Crippen LogP contribution in [0.5, 0.6) is 0 Å². The lowest BCUT2D eigenvalue weighted by molar-refractivity contribution is 0.325. The van der Waals surface area contributed by atoms with Gasteiger partial charge in [0.1, 0.15) is 5.82 Å². The van der Waals surface area contributed by atoms with Gasteiger partial charge in [-0.2, -0.15) is 0 Å². The minimum Gasteiger partial charge on any atom is -0.478 e. The molecule has 0 atom stereocenters. The van der Waals surface area contributed by atoms with Crippen LogP contribution in [-0.2, 0) is 9.47 Å². The van der Waals surface area contributed by atoms with Gasteiger partial charge in [-0.1, -0.05) is 24.3 Å². The van der Waals surface area contributed by atoms with Gasteiger partial charge in [0.05, 0.1) is 24.6 Å². The molecule has 29 heavy (non-hydrogen) atoms. The Morgan fingerprint density at radius 1 is 0.724 bits per heavy atom. The second-order valence-corrected chi connectivity index (χ2v) is 6.36. The van der Waals surface area contributed by atoms with Crippen molar-refractivity contribution in [2.75, 3.05) is 13.2 Å². The predicted molar refractivity (Wildman–Crippen MR) is 115 cm³/mol. The normalized spacial score (nSPS) is 10.4. The Labute approximate surface area is 170 Å². The fraction of sp³-hybridized carbons (Fsp3) is 0.217. The van der Waals surface area contributed by atoms with Crippen LogP contribution in [0.3, 0.4) is 0 Å². The minimum atomic E-state index is 0.163. The van der Waals surface area contributed by atoms with E-state index in [-0.39, 0.29) is 11.8 Å². The van der Waals surface area contributed by atoms with Gasteiger partial charge in [-0.05, 0) is 51.1 Å². The maximum Gasteiger partial charge on any atom is 0.213 e. The number of aryl methyl sites for hydroxylation is 1. The van der Waals surface area contributed by atoms with E-state index in [1.54, 1.807) is 0 Å². The van der Waals surface area contributed by atoms with E-state index in [4.69, 9.17) is 20.3 Å². The van der Waals surface area contributed by atoms with E-state index in [1.807, 2.05) is 75.4 Å². The van der Waals surface area contributed by atoms with Gasteiger partial charge in [0, 0.05) is 22.3 Å². The fourth-order valence-corrected chi connectivity index (χ4v) is 2.90. The molecule has 0 amide bonds. The van der Waals surface area contributed by atoms with E-state index in [0.717, 1.165) is 33.6 Å². The van der Waals surface area contributed by atoms with Crippen LogP contribution in [-0.4, -0.2) is 35.0 Å². The number of rotatable bonds is 6. The zero-order chi connectivity index (χ0) is 20.8. The number of benzene rings is 2. The number of aromatic nitrogens is 2. The first-order valence-corrected chi connectivity index (χ1v) is 9.51. The molecule has 0 radical (unpaired) electrons. The van der Waals surface area contributed by atoms with Crippen LogP contribution in [0.25, 0.3) is 22.5 Å². The minimum absolute atomic E-state index is 0.163. The quantitative estimate of drug-likeness (QED) is 0.467. The Morgan fingerprint density at radius 3 is 1.45 bits per heavy atom. The zero-order valence-electron chi connectivity index (χ0n) is 16.8.